The third-order valence-electron chi connectivity index (χ3n) is 7.45. The molecule has 4 rings (SSSR count). The van der Waals surface area contributed by atoms with Crippen LogP contribution < -0.4 is 10.2 Å². The first-order chi connectivity index (χ1) is 17.0. The largest absolute Gasteiger partial charge is 0.383 e. The number of hydrogen-bond donors (Lipinski definition) is 1. The van der Waals surface area contributed by atoms with E-state index in [1.165, 1.54) is 6.07 Å². The van der Waals surface area contributed by atoms with Crippen LogP contribution in [0.3, 0.4) is 0 Å². The number of piperidine rings is 1. The van der Waals surface area contributed by atoms with Gasteiger partial charge in [-0.2, -0.15) is 5.26 Å². The Labute approximate surface area is 208 Å². The quantitative estimate of drug-likeness (QED) is 0.576. The Morgan fingerprint density at radius 1 is 1.03 bits per heavy atom. The van der Waals surface area contributed by atoms with Gasteiger partial charge in [0.2, 0.25) is 5.91 Å². The molecule has 2 aliphatic rings. The number of likely N-dealkylation sites (tertiary alicyclic amines) is 1. The lowest BCUT2D eigenvalue weighted by molar-refractivity contribution is -0.132. The molecule has 0 atom stereocenters. The van der Waals surface area contributed by atoms with Crippen molar-refractivity contribution in [1.29, 1.82) is 5.26 Å². The predicted octanol–water partition coefficient (Wildman–Crippen LogP) is 4.24. The highest BCUT2D eigenvalue weighted by atomic mass is 19.1. The number of unbranched alkanes of at least 4 members (excludes halogenated alkanes) is 1. The van der Waals surface area contributed by atoms with Crippen molar-refractivity contribution in [2.45, 2.75) is 37.5 Å². The van der Waals surface area contributed by atoms with Crippen LogP contribution in [-0.2, 0) is 10.2 Å². The molecular weight excluding hydrogens is 441 g/mol. The van der Waals surface area contributed by atoms with Crippen LogP contribution in [0, 0.1) is 17.1 Å². The van der Waals surface area contributed by atoms with Crippen molar-refractivity contribution in [3.63, 3.8) is 0 Å². The second-order valence-electron chi connectivity index (χ2n) is 9.78. The molecule has 2 saturated heterocycles. The van der Waals surface area contributed by atoms with Crippen LogP contribution in [0.25, 0.3) is 0 Å². The van der Waals surface area contributed by atoms with E-state index in [0.717, 1.165) is 56.0 Å². The van der Waals surface area contributed by atoms with Crippen molar-refractivity contribution < 1.29 is 9.18 Å². The minimum Gasteiger partial charge on any atom is -0.383 e. The molecule has 6 nitrogen and oxygen atoms in total. The van der Waals surface area contributed by atoms with Gasteiger partial charge in [0.05, 0.1) is 22.9 Å². The SMILES string of the molecule is CN1CCN(c2ccc(F)cc2NCCCCC(=O)N2CCC(C#N)(c3ccccc3)CC2)CC1. The molecule has 2 heterocycles. The van der Waals surface area contributed by atoms with Crippen LogP contribution >= 0.6 is 0 Å². The van der Waals surface area contributed by atoms with E-state index in [0.29, 0.717) is 38.9 Å². The molecule has 0 unspecified atom stereocenters. The lowest BCUT2D eigenvalue weighted by atomic mass is 9.74. The monoisotopic (exact) mass is 477 g/mol. The van der Waals surface area contributed by atoms with Crippen molar-refractivity contribution in [2.24, 2.45) is 0 Å². The number of benzene rings is 2. The summed E-state index contributed by atoms with van der Waals surface area (Å²) in [5.41, 5.74) is 2.43. The molecule has 0 saturated carbocycles. The van der Waals surface area contributed by atoms with Crippen molar-refractivity contribution >= 4 is 17.3 Å². The van der Waals surface area contributed by atoms with Crippen molar-refractivity contribution in [1.82, 2.24) is 9.80 Å². The first-order valence-electron chi connectivity index (χ1n) is 12.7. The molecule has 0 bridgehead atoms. The van der Waals surface area contributed by atoms with Crippen LogP contribution in [0.15, 0.2) is 48.5 Å². The highest BCUT2D eigenvalue weighted by Crippen LogP contribution is 2.35. The average Bonchev–Trinajstić information content (AvgIpc) is 2.89. The summed E-state index contributed by atoms with van der Waals surface area (Å²) in [6, 6.07) is 17.4. The average molecular weight is 478 g/mol. The lowest BCUT2D eigenvalue weighted by Crippen LogP contribution is -2.44. The summed E-state index contributed by atoms with van der Waals surface area (Å²) in [7, 11) is 2.12. The van der Waals surface area contributed by atoms with Gasteiger partial charge in [0.15, 0.2) is 0 Å². The van der Waals surface area contributed by atoms with Crippen LogP contribution in [0.4, 0.5) is 15.8 Å². The Kier molecular flexibility index (Phi) is 8.25. The van der Waals surface area contributed by atoms with E-state index in [9.17, 15) is 14.4 Å². The first kappa shape index (κ1) is 25.0. The fraction of sp³-hybridized carbons (Fsp3) is 0.500. The Hall–Kier alpha value is -3.11. The van der Waals surface area contributed by atoms with E-state index in [2.05, 4.69) is 28.2 Å². The number of halogens is 1. The van der Waals surface area contributed by atoms with Gasteiger partial charge < -0.3 is 20.0 Å². The molecule has 2 aliphatic heterocycles. The van der Waals surface area contributed by atoms with Gasteiger partial charge in [0.25, 0.3) is 0 Å². The molecule has 0 radical (unpaired) electrons. The van der Waals surface area contributed by atoms with Gasteiger partial charge in [0, 0.05) is 52.2 Å². The molecule has 186 valence electrons. The number of nitriles is 1. The lowest BCUT2D eigenvalue weighted by Gasteiger charge is -2.37. The van der Waals surface area contributed by atoms with E-state index in [1.807, 2.05) is 41.3 Å². The molecule has 1 amide bonds. The van der Waals surface area contributed by atoms with Crippen LogP contribution in [0.2, 0.25) is 0 Å². The van der Waals surface area contributed by atoms with Gasteiger partial charge in [-0.05, 0) is 56.5 Å². The van der Waals surface area contributed by atoms with E-state index in [1.54, 1.807) is 6.07 Å². The molecule has 2 aromatic rings. The number of amides is 1. The number of rotatable bonds is 8. The Morgan fingerprint density at radius 2 is 1.74 bits per heavy atom. The molecule has 35 heavy (non-hydrogen) atoms. The number of nitrogens with zero attached hydrogens (tertiary/aromatic N) is 4. The van der Waals surface area contributed by atoms with E-state index >= 15 is 0 Å². The smallest absolute Gasteiger partial charge is 0.222 e. The van der Waals surface area contributed by atoms with Crippen molar-refractivity contribution in [2.75, 3.05) is 63.1 Å². The third kappa shape index (κ3) is 6.12. The molecule has 2 fully saturated rings. The molecular formula is C28H36FN5O. The second kappa shape index (κ2) is 11.5. The highest BCUT2D eigenvalue weighted by molar-refractivity contribution is 5.76. The first-order valence-corrected chi connectivity index (χ1v) is 12.7. The molecule has 1 N–H and O–H groups in total. The molecule has 0 aromatic heterocycles. The summed E-state index contributed by atoms with van der Waals surface area (Å²) in [6.45, 7) is 5.79. The number of hydrogen-bond acceptors (Lipinski definition) is 5. The van der Waals surface area contributed by atoms with Crippen molar-refractivity contribution in [3.8, 4) is 6.07 Å². The zero-order chi connectivity index (χ0) is 24.7. The zero-order valence-electron chi connectivity index (χ0n) is 20.7. The van der Waals surface area contributed by atoms with Crippen molar-refractivity contribution in [3.05, 3.63) is 59.9 Å². The van der Waals surface area contributed by atoms with Gasteiger partial charge in [-0.3, -0.25) is 4.79 Å². The standard InChI is InChI=1S/C28H36FN5O/c1-32-17-19-33(20-18-32)26-11-10-24(29)21-25(26)31-14-6-5-9-27(35)34-15-12-28(22-30,13-16-34)23-7-3-2-4-8-23/h2-4,7-8,10-11,21,31H,5-6,9,12-20H2,1H3. The molecule has 0 spiro atoms. The van der Waals surface area contributed by atoms with Crippen LogP contribution in [0.1, 0.15) is 37.7 Å². The number of carbonyl (C=O) groups is 1. The Balaban J connectivity index is 1.21. The third-order valence-corrected chi connectivity index (χ3v) is 7.45. The van der Waals surface area contributed by atoms with E-state index in [4.69, 9.17) is 0 Å². The van der Waals surface area contributed by atoms with Crippen LogP contribution in [-0.4, -0.2) is 68.6 Å². The minimum absolute atomic E-state index is 0.161. The number of carbonyl (C=O) groups excluding carboxylic acids is 1. The van der Waals surface area contributed by atoms with Gasteiger partial charge in [-0.15, -0.1) is 0 Å². The summed E-state index contributed by atoms with van der Waals surface area (Å²) >= 11 is 0. The highest BCUT2D eigenvalue weighted by Gasteiger charge is 2.37. The number of likely N-dealkylation sites (N-methyl/N-ethyl adjacent to an activating group) is 1. The minimum atomic E-state index is -0.492. The molecule has 2 aromatic carbocycles. The fourth-order valence-electron chi connectivity index (χ4n) is 5.12. The van der Waals surface area contributed by atoms with Gasteiger partial charge >= 0.3 is 0 Å². The summed E-state index contributed by atoms with van der Waals surface area (Å²) < 4.78 is 13.9. The molecule has 0 aliphatic carbocycles. The Morgan fingerprint density at radius 3 is 2.43 bits per heavy atom. The molecule has 7 heteroatoms. The van der Waals surface area contributed by atoms with Crippen LogP contribution in [0.5, 0.6) is 0 Å². The summed E-state index contributed by atoms with van der Waals surface area (Å²) in [5.74, 6) is -0.0805. The van der Waals surface area contributed by atoms with Gasteiger partial charge in [-0.1, -0.05) is 30.3 Å². The maximum absolute atomic E-state index is 13.9. The zero-order valence-corrected chi connectivity index (χ0v) is 20.7. The number of anilines is 2. The summed E-state index contributed by atoms with van der Waals surface area (Å²) in [4.78, 5) is 19.3. The maximum atomic E-state index is 13.9. The second-order valence-corrected chi connectivity index (χ2v) is 9.78. The topological polar surface area (TPSA) is 62.6 Å². The Bertz CT molecular complexity index is 1020. The maximum Gasteiger partial charge on any atom is 0.222 e. The normalized spacial score (nSPS) is 18.2. The summed E-state index contributed by atoms with van der Waals surface area (Å²) in [5, 5.41) is 13.3. The number of nitrogens with one attached hydrogen (secondary N) is 1. The fourth-order valence-corrected chi connectivity index (χ4v) is 5.12. The van der Waals surface area contributed by atoms with Gasteiger partial charge in [0.1, 0.15) is 5.82 Å². The van der Waals surface area contributed by atoms with E-state index in [-0.39, 0.29) is 11.7 Å². The van der Waals surface area contributed by atoms with Gasteiger partial charge in [-0.25, -0.2) is 4.39 Å². The summed E-state index contributed by atoms with van der Waals surface area (Å²) in [6.07, 6.45) is 3.47. The predicted molar refractivity (Wildman–Crippen MR) is 138 cm³/mol. The number of piperazine rings is 1. The van der Waals surface area contributed by atoms with E-state index < -0.39 is 5.41 Å².